The van der Waals surface area contributed by atoms with Gasteiger partial charge in [-0.25, -0.2) is 22.9 Å². The number of nitrogens with zero attached hydrogens (tertiary/aromatic N) is 3. The smallest absolute Gasteiger partial charge is 0.350 e. The molecule has 2 heterocycles. The monoisotopic (exact) mass is 524 g/mol. The highest BCUT2D eigenvalue weighted by atomic mass is 32.2. The van der Waals surface area contributed by atoms with E-state index in [0.29, 0.717) is 29.5 Å². The lowest BCUT2D eigenvalue weighted by atomic mass is 10.0. The second-order valence-electron chi connectivity index (χ2n) is 8.45. The van der Waals surface area contributed by atoms with Crippen LogP contribution < -0.4 is 15.2 Å². The Labute approximate surface area is 214 Å². The van der Waals surface area contributed by atoms with Gasteiger partial charge < -0.3 is 18.5 Å². The van der Waals surface area contributed by atoms with E-state index >= 15 is 0 Å². The molecular weight excluding hydrogens is 496 g/mol. The third-order valence-electron chi connectivity index (χ3n) is 6.14. The Morgan fingerprint density at radius 1 is 1.14 bits per heavy atom. The summed E-state index contributed by atoms with van der Waals surface area (Å²) in [6.07, 6.45) is 0.522. The van der Waals surface area contributed by atoms with Gasteiger partial charge in [-0.05, 0) is 51.0 Å². The molecule has 2 aromatic heterocycles. The molecule has 0 bridgehead atoms. The normalized spacial score (nSPS) is 11.8. The SMILES string of the molecule is CCN(CC)c1ccc2c(C#N)c(-c3nc4cc(C)c(S(=O)(=O)NCCCOC)cc4o3)c(=O)oc2c1. The average molecular weight is 525 g/mol. The van der Waals surface area contributed by atoms with Gasteiger partial charge in [0.15, 0.2) is 5.58 Å². The summed E-state index contributed by atoms with van der Waals surface area (Å²) in [7, 11) is -2.27. The molecule has 0 radical (unpaired) electrons. The molecular formula is C26H28N4O6S. The van der Waals surface area contributed by atoms with Crippen LogP contribution in [-0.4, -0.2) is 46.8 Å². The Hall–Kier alpha value is -3.72. The summed E-state index contributed by atoms with van der Waals surface area (Å²) in [6.45, 7) is 7.90. The van der Waals surface area contributed by atoms with Gasteiger partial charge in [0.2, 0.25) is 15.9 Å². The lowest BCUT2D eigenvalue weighted by molar-refractivity contribution is 0.196. The zero-order valence-corrected chi connectivity index (χ0v) is 21.9. The molecule has 0 fully saturated rings. The quantitative estimate of drug-likeness (QED) is 0.241. The van der Waals surface area contributed by atoms with Crippen molar-refractivity contribution in [1.82, 2.24) is 9.71 Å². The Balaban J connectivity index is 1.80. The number of nitrogens with one attached hydrogen (secondary N) is 1. The second kappa shape index (κ2) is 10.7. The van der Waals surface area contributed by atoms with Gasteiger partial charge >= 0.3 is 5.63 Å². The van der Waals surface area contributed by atoms with Crippen molar-refractivity contribution in [2.24, 2.45) is 0 Å². The van der Waals surface area contributed by atoms with Crippen molar-refractivity contribution >= 4 is 37.8 Å². The number of benzene rings is 2. The average Bonchev–Trinajstić information content (AvgIpc) is 3.28. The Kier molecular flexibility index (Phi) is 7.63. The van der Waals surface area contributed by atoms with E-state index in [0.717, 1.165) is 18.8 Å². The van der Waals surface area contributed by atoms with Crippen LogP contribution in [0.3, 0.4) is 0 Å². The highest BCUT2D eigenvalue weighted by Crippen LogP contribution is 2.32. The topological polar surface area (TPSA) is 139 Å². The summed E-state index contributed by atoms with van der Waals surface area (Å²) >= 11 is 0. The number of sulfonamides is 1. The zero-order valence-electron chi connectivity index (χ0n) is 21.1. The number of ether oxygens (including phenoxy) is 1. The molecule has 37 heavy (non-hydrogen) atoms. The van der Waals surface area contributed by atoms with E-state index in [1.807, 2.05) is 19.9 Å². The molecule has 2 aromatic carbocycles. The van der Waals surface area contributed by atoms with Crippen LogP contribution in [-0.2, 0) is 14.8 Å². The van der Waals surface area contributed by atoms with Crippen molar-refractivity contribution in [2.45, 2.75) is 32.1 Å². The summed E-state index contributed by atoms with van der Waals surface area (Å²) in [5.74, 6) is -0.114. The largest absolute Gasteiger partial charge is 0.436 e. The highest BCUT2D eigenvalue weighted by Gasteiger charge is 2.24. The lowest BCUT2D eigenvalue weighted by Crippen LogP contribution is -2.26. The van der Waals surface area contributed by atoms with Gasteiger partial charge in [-0.1, -0.05) is 0 Å². The van der Waals surface area contributed by atoms with Crippen molar-refractivity contribution in [1.29, 1.82) is 5.26 Å². The van der Waals surface area contributed by atoms with Crippen LogP contribution in [0.1, 0.15) is 31.4 Å². The van der Waals surface area contributed by atoms with Crippen LogP contribution in [0.2, 0.25) is 0 Å². The molecule has 4 rings (SSSR count). The predicted octanol–water partition coefficient (Wildman–Crippen LogP) is 3.94. The number of aromatic nitrogens is 1. The van der Waals surface area contributed by atoms with Crippen LogP contribution in [0.25, 0.3) is 33.5 Å². The minimum absolute atomic E-state index is 0.0371. The second-order valence-corrected chi connectivity index (χ2v) is 10.2. The molecule has 0 aliphatic heterocycles. The lowest BCUT2D eigenvalue weighted by Gasteiger charge is -2.21. The number of fused-ring (bicyclic) bond motifs is 2. The fourth-order valence-corrected chi connectivity index (χ4v) is 5.56. The number of methoxy groups -OCH3 is 1. The summed E-state index contributed by atoms with van der Waals surface area (Å²) in [4.78, 5) is 19.5. The number of oxazole rings is 1. The third kappa shape index (κ3) is 5.09. The van der Waals surface area contributed by atoms with E-state index < -0.39 is 15.6 Å². The van der Waals surface area contributed by atoms with Crippen LogP contribution in [0.15, 0.2) is 48.9 Å². The molecule has 0 spiro atoms. The molecule has 0 unspecified atom stereocenters. The van der Waals surface area contributed by atoms with Crippen molar-refractivity contribution in [3.63, 3.8) is 0 Å². The fraction of sp³-hybridized carbons (Fsp3) is 0.346. The number of rotatable bonds is 10. The molecule has 1 N–H and O–H groups in total. The van der Waals surface area contributed by atoms with Gasteiger partial charge in [0.1, 0.15) is 22.7 Å². The molecule has 0 aliphatic carbocycles. The number of hydrogen-bond acceptors (Lipinski definition) is 9. The number of anilines is 1. The number of aryl methyl sites for hydroxylation is 1. The highest BCUT2D eigenvalue weighted by molar-refractivity contribution is 7.89. The van der Waals surface area contributed by atoms with Gasteiger partial charge in [-0.2, -0.15) is 5.26 Å². The van der Waals surface area contributed by atoms with Crippen LogP contribution >= 0.6 is 0 Å². The van der Waals surface area contributed by atoms with Crippen molar-refractivity contribution in [2.75, 3.05) is 38.3 Å². The predicted molar refractivity (Wildman–Crippen MR) is 140 cm³/mol. The van der Waals surface area contributed by atoms with Crippen molar-refractivity contribution in [3.8, 4) is 17.5 Å². The first-order valence-electron chi connectivity index (χ1n) is 11.9. The van der Waals surface area contributed by atoms with E-state index in [-0.39, 0.29) is 39.6 Å². The molecule has 0 saturated carbocycles. The van der Waals surface area contributed by atoms with E-state index in [1.165, 1.54) is 6.07 Å². The molecule has 0 aliphatic rings. The molecule has 10 nitrogen and oxygen atoms in total. The maximum absolute atomic E-state index is 13.0. The molecule has 11 heteroatoms. The van der Waals surface area contributed by atoms with E-state index in [9.17, 15) is 18.5 Å². The first-order valence-corrected chi connectivity index (χ1v) is 13.4. The maximum Gasteiger partial charge on any atom is 0.350 e. The van der Waals surface area contributed by atoms with Gasteiger partial charge in [0, 0.05) is 56.6 Å². The molecule has 4 aromatic rings. The van der Waals surface area contributed by atoms with Gasteiger partial charge in [-0.3, -0.25) is 0 Å². The minimum Gasteiger partial charge on any atom is -0.436 e. The number of nitriles is 1. The van der Waals surface area contributed by atoms with Crippen LogP contribution in [0.4, 0.5) is 5.69 Å². The van der Waals surface area contributed by atoms with Gasteiger partial charge in [0.05, 0.1) is 10.5 Å². The Bertz CT molecular complexity index is 1660. The standard InChI is InChI=1S/C26H28N4O6S/c1-5-30(6-2)17-8-9-18-19(15-27)24(26(31)36-21(18)13-17)25-29-20-12-16(3)23(14-22(20)35-25)37(32,33)28-10-7-11-34-4/h8-9,12-14,28H,5-7,10-11H2,1-4H3. The summed E-state index contributed by atoms with van der Waals surface area (Å²) in [5.41, 5.74) is 1.34. The first-order chi connectivity index (χ1) is 17.7. The van der Waals surface area contributed by atoms with Crippen LogP contribution in [0, 0.1) is 18.3 Å². The molecule has 0 saturated heterocycles. The van der Waals surface area contributed by atoms with E-state index in [2.05, 4.69) is 20.7 Å². The molecule has 194 valence electrons. The summed E-state index contributed by atoms with van der Waals surface area (Å²) < 4.78 is 44.6. The van der Waals surface area contributed by atoms with Crippen molar-refractivity contribution < 1.29 is 22.0 Å². The molecule has 0 atom stereocenters. The summed E-state index contributed by atoms with van der Waals surface area (Å²) in [6, 6.07) is 10.4. The fourth-order valence-electron chi connectivity index (χ4n) is 4.24. The summed E-state index contributed by atoms with van der Waals surface area (Å²) in [5, 5.41) is 10.4. The first kappa shape index (κ1) is 26.3. The third-order valence-corrected chi connectivity index (χ3v) is 7.74. The van der Waals surface area contributed by atoms with E-state index in [4.69, 9.17) is 13.6 Å². The van der Waals surface area contributed by atoms with Gasteiger partial charge in [-0.15, -0.1) is 0 Å². The number of hydrogen-bond donors (Lipinski definition) is 1. The van der Waals surface area contributed by atoms with E-state index in [1.54, 1.807) is 32.2 Å². The Morgan fingerprint density at radius 3 is 2.57 bits per heavy atom. The Morgan fingerprint density at radius 2 is 1.89 bits per heavy atom. The molecule has 0 amide bonds. The zero-order chi connectivity index (χ0) is 26.7. The van der Waals surface area contributed by atoms with Crippen LogP contribution in [0.5, 0.6) is 0 Å². The minimum atomic E-state index is -3.81. The van der Waals surface area contributed by atoms with Crippen molar-refractivity contribution in [3.05, 3.63) is 51.9 Å². The maximum atomic E-state index is 13.0. The van der Waals surface area contributed by atoms with Gasteiger partial charge in [0.25, 0.3) is 0 Å².